The van der Waals surface area contributed by atoms with Crippen molar-refractivity contribution in [3.05, 3.63) is 60.2 Å². The molecule has 5 heteroatoms. The van der Waals surface area contributed by atoms with Crippen LogP contribution in [-0.4, -0.2) is 30.8 Å². The van der Waals surface area contributed by atoms with E-state index < -0.39 is 0 Å². The molecular weight excluding hydrogens is 368 g/mol. The minimum Gasteiger partial charge on any atom is -0.497 e. The van der Waals surface area contributed by atoms with Crippen molar-refractivity contribution in [1.29, 1.82) is 0 Å². The van der Waals surface area contributed by atoms with Crippen LogP contribution in [0.5, 0.6) is 5.75 Å². The van der Waals surface area contributed by atoms with Gasteiger partial charge in [-0.1, -0.05) is 56.7 Å². The van der Waals surface area contributed by atoms with Gasteiger partial charge in [0.15, 0.2) is 0 Å². The molecule has 0 heterocycles. The van der Waals surface area contributed by atoms with E-state index in [2.05, 4.69) is 32.9 Å². The lowest BCUT2D eigenvalue weighted by molar-refractivity contribution is -0.119. The van der Waals surface area contributed by atoms with Crippen molar-refractivity contribution >= 4 is 11.9 Å². The molecule has 0 spiro atoms. The summed E-state index contributed by atoms with van der Waals surface area (Å²) in [5, 5.41) is 0. The highest BCUT2D eigenvalue weighted by molar-refractivity contribution is 7.96. The molecule has 0 saturated carbocycles. The summed E-state index contributed by atoms with van der Waals surface area (Å²) in [5.74, 6) is 0.862. The van der Waals surface area contributed by atoms with Crippen LogP contribution in [0.2, 0.25) is 0 Å². The van der Waals surface area contributed by atoms with Crippen LogP contribution in [-0.2, 0) is 4.84 Å². The predicted molar refractivity (Wildman–Crippen MR) is 123 cm³/mol. The van der Waals surface area contributed by atoms with Gasteiger partial charge < -0.3 is 10.5 Å². The lowest BCUT2D eigenvalue weighted by atomic mass is 10.2. The zero-order valence-electron chi connectivity index (χ0n) is 18.4. The van der Waals surface area contributed by atoms with Gasteiger partial charge in [-0.25, -0.2) is 0 Å². The van der Waals surface area contributed by atoms with Gasteiger partial charge in [0.25, 0.3) is 0 Å². The summed E-state index contributed by atoms with van der Waals surface area (Å²) in [7, 11) is 1.67. The summed E-state index contributed by atoms with van der Waals surface area (Å²) in [6.07, 6.45) is 2.12. The van der Waals surface area contributed by atoms with E-state index in [1.807, 2.05) is 60.8 Å². The Morgan fingerprint density at radius 3 is 2.07 bits per heavy atom. The van der Waals surface area contributed by atoms with E-state index in [0.29, 0.717) is 6.54 Å². The molecule has 0 amide bonds. The molecule has 0 aliphatic rings. The Bertz CT molecular complexity index is 579. The van der Waals surface area contributed by atoms with Crippen LogP contribution in [0, 0.1) is 6.92 Å². The molecule has 2 aromatic carbocycles. The van der Waals surface area contributed by atoms with Crippen molar-refractivity contribution in [2.24, 2.45) is 5.73 Å². The van der Waals surface area contributed by atoms with Crippen LogP contribution in [0.4, 0.5) is 0 Å². The van der Waals surface area contributed by atoms with Crippen molar-refractivity contribution in [1.82, 2.24) is 4.47 Å². The number of hydroxylamine groups is 1. The number of rotatable bonds is 9. The summed E-state index contributed by atoms with van der Waals surface area (Å²) in [6, 6.07) is 18.2. The van der Waals surface area contributed by atoms with Gasteiger partial charge in [0, 0.05) is 11.4 Å². The van der Waals surface area contributed by atoms with Crippen LogP contribution in [0.25, 0.3) is 0 Å². The van der Waals surface area contributed by atoms with Crippen molar-refractivity contribution in [2.45, 2.75) is 58.5 Å². The Kier molecular flexibility index (Phi) is 16.6. The van der Waals surface area contributed by atoms with Gasteiger partial charge in [-0.15, -0.1) is 4.47 Å². The second-order valence-electron chi connectivity index (χ2n) is 5.94. The van der Waals surface area contributed by atoms with E-state index in [1.165, 1.54) is 5.56 Å². The molecule has 2 rings (SSSR count). The molecule has 158 valence electrons. The predicted octanol–water partition coefficient (Wildman–Crippen LogP) is 6.10. The van der Waals surface area contributed by atoms with Crippen LogP contribution < -0.4 is 10.5 Å². The Labute approximate surface area is 176 Å². The topological polar surface area (TPSA) is 47.7 Å². The smallest absolute Gasteiger partial charge is 0.118 e. The standard InChI is InChI=1S/C14H24N2O2S.C7H8.C2H6/c1-4-12(2)18-16(11-5-10-15)19-14-8-6-13(17-3)7-9-14;1-7-5-3-2-4-6-7;1-2/h6-9,12H,4-5,10-11,15H2,1-3H3;2-6H,1H3;1-2H3. The molecule has 2 aromatic rings. The molecule has 0 saturated heterocycles. The largest absolute Gasteiger partial charge is 0.497 e. The molecule has 0 bridgehead atoms. The third-order valence-electron chi connectivity index (χ3n) is 3.62. The van der Waals surface area contributed by atoms with Gasteiger partial charge in [-0.3, -0.25) is 4.84 Å². The van der Waals surface area contributed by atoms with Crippen LogP contribution in [0.3, 0.4) is 0 Å². The third kappa shape index (κ3) is 12.8. The van der Waals surface area contributed by atoms with E-state index in [0.717, 1.165) is 30.0 Å². The zero-order chi connectivity index (χ0) is 21.2. The Morgan fingerprint density at radius 1 is 1.04 bits per heavy atom. The van der Waals surface area contributed by atoms with E-state index in [-0.39, 0.29) is 6.10 Å². The fraction of sp³-hybridized carbons (Fsp3) is 0.478. The molecule has 0 aliphatic heterocycles. The van der Waals surface area contributed by atoms with Crippen LogP contribution in [0.15, 0.2) is 59.5 Å². The molecule has 1 unspecified atom stereocenters. The normalized spacial score (nSPS) is 11.0. The summed E-state index contributed by atoms with van der Waals surface area (Å²) < 4.78 is 7.07. The maximum atomic E-state index is 5.87. The van der Waals surface area contributed by atoms with Gasteiger partial charge in [-0.2, -0.15) is 0 Å². The molecule has 0 aliphatic carbocycles. The van der Waals surface area contributed by atoms with Crippen molar-refractivity contribution in [2.75, 3.05) is 20.2 Å². The van der Waals surface area contributed by atoms with E-state index >= 15 is 0 Å². The van der Waals surface area contributed by atoms with Gasteiger partial charge >= 0.3 is 0 Å². The number of methoxy groups -OCH3 is 1. The molecular formula is C23H38N2O2S. The lowest BCUT2D eigenvalue weighted by Gasteiger charge is -2.23. The molecule has 0 radical (unpaired) electrons. The van der Waals surface area contributed by atoms with Gasteiger partial charge in [-0.05, 0) is 69.4 Å². The summed E-state index contributed by atoms with van der Waals surface area (Å²) in [5.41, 5.74) is 6.89. The highest BCUT2D eigenvalue weighted by Crippen LogP contribution is 2.26. The maximum absolute atomic E-state index is 5.87. The molecule has 1 atom stereocenters. The second-order valence-corrected chi connectivity index (χ2v) is 7.01. The van der Waals surface area contributed by atoms with Crippen molar-refractivity contribution < 1.29 is 9.57 Å². The van der Waals surface area contributed by atoms with Crippen molar-refractivity contribution in [3.63, 3.8) is 0 Å². The quantitative estimate of drug-likeness (QED) is 0.402. The number of ether oxygens (including phenoxy) is 1. The van der Waals surface area contributed by atoms with E-state index in [4.69, 9.17) is 15.3 Å². The number of nitrogens with two attached hydrogens (primary N) is 1. The second kappa shape index (κ2) is 17.6. The highest BCUT2D eigenvalue weighted by atomic mass is 32.2. The molecule has 0 fully saturated rings. The number of hydrogen-bond acceptors (Lipinski definition) is 5. The summed E-state index contributed by atoms with van der Waals surface area (Å²) in [6.45, 7) is 11.8. The molecule has 2 N–H and O–H groups in total. The number of hydrogen-bond donors (Lipinski definition) is 1. The van der Waals surface area contributed by atoms with Gasteiger partial charge in [0.2, 0.25) is 0 Å². The first-order valence-corrected chi connectivity index (χ1v) is 10.8. The van der Waals surface area contributed by atoms with E-state index in [1.54, 1.807) is 19.1 Å². The van der Waals surface area contributed by atoms with Crippen LogP contribution >= 0.6 is 11.9 Å². The summed E-state index contributed by atoms with van der Waals surface area (Å²) >= 11 is 1.59. The SMILES string of the molecule is CC.CCC(C)ON(CCCN)Sc1ccc(OC)cc1.Cc1ccccc1. The number of benzene rings is 2. The Balaban J connectivity index is 0.000000670. The first-order chi connectivity index (χ1) is 13.6. The Morgan fingerprint density at radius 2 is 1.64 bits per heavy atom. The fourth-order valence-electron chi connectivity index (χ4n) is 1.90. The minimum atomic E-state index is 0.212. The third-order valence-corrected chi connectivity index (χ3v) is 4.58. The summed E-state index contributed by atoms with van der Waals surface area (Å²) in [4.78, 5) is 7.00. The van der Waals surface area contributed by atoms with Gasteiger partial charge in [0.05, 0.1) is 13.2 Å². The first-order valence-electron chi connectivity index (χ1n) is 10.1. The fourth-order valence-corrected chi connectivity index (χ4v) is 2.81. The highest BCUT2D eigenvalue weighted by Gasteiger charge is 2.11. The Hall–Kier alpha value is -1.53. The molecule has 4 nitrogen and oxygen atoms in total. The van der Waals surface area contributed by atoms with Crippen molar-refractivity contribution in [3.8, 4) is 5.75 Å². The minimum absolute atomic E-state index is 0.212. The molecule has 0 aromatic heterocycles. The number of aryl methyl sites for hydroxylation is 1. The maximum Gasteiger partial charge on any atom is 0.118 e. The zero-order valence-corrected chi connectivity index (χ0v) is 19.2. The molecule has 28 heavy (non-hydrogen) atoms. The number of nitrogens with zero attached hydrogens (tertiary/aromatic N) is 1. The van der Waals surface area contributed by atoms with Crippen LogP contribution in [0.1, 0.15) is 46.1 Å². The van der Waals surface area contributed by atoms with Gasteiger partial charge in [0.1, 0.15) is 5.75 Å². The average molecular weight is 407 g/mol. The average Bonchev–Trinajstić information content (AvgIpc) is 2.75. The first kappa shape index (κ1) is 26.5. The lowest BCUT2D eigenvalue weighted by Crippen LogP contribution is -2.24. The monoisotopic (exact) mass is 406 g/mol. The van der Waals surface area contributed by atoms with E-state index in [9.17, 15) is 0 Å².